The van der Waals surface area contributed by atoms with Crippen LogP contribution in [0.15, 0.2) is 5.38 Å². The highest BCUT2D eigenvalue weighted by molar-refractivity contribution is 7.09. The number of aromatic nitrogens is 1. The molecule has 1 aromatic rings. The second kappa shape index (κ2) is 5.44. The molecule has 3 nitrogen and oxygen atoms in total. The molecule has 0 aliphatic rings. The molecule has 1 heterocycles. The van der Waals surface area contributed by atoms with Gasteiger partial charge in [0.15, 0.2) is 0 Å². The summed E-state index contributed by atoms with van der Waals surface area (Å²) >= 11 is 1.64. The van der Waals surface area contributed by atoms with E-state index in [1.165, 1.54) is 0 Å². The van der Waals surface area contributed by atoms with Crippen molar-refractivity contribution in [3.63, 3.8) is 0 Å². The molecule has 4 heteroatoms. The zero-order valence-corrected chi connectivity index (χ0v) is 9.90. The van der Waals surface area contributed by atoms with Crippen molar-refractivity contribution < 1.29 is 0 Å². The molecule has 1 rings (SSSR count). The monoisotopic (exact) mass is 213 g/mol. The van der Waals surface area contributed by atoms with Crippen molar-refractivity contribution >= 4 is 11.3 Å². The van der Waals surface area contributed by atoms with E-state index in [9.17, 15) is 0 Å². The zero-order chi connectivity index (χ0) is 10.6. The predicted molar refractivity (Wildman–Crippen MR) is 61.3 cm³/mol. The molecule has 14 heavy (non-hydrogen) atoms. The Hall–Kier alpha value is -0.450. The van der Waals surface area contributed by atoms with Gasteiger partial charge >= 0.3 is 0 Å². The Morgan fingerprint density at radius 3 is 2.71 bits per heavy atom. The molecular weight excluding hydrogens is 194 g/mol. The molecule has 0 spiro atoms. The van der Waals surface area contributed by atoms with Crippen molar-refractivity contribution in [2.75, 3.05) is 6.54 Å². The number of thiazole rings is 1. The van der Waals surface area contributed by atoms with Gasteiger partial charge in [-0.3, -0.25) is 0 Å². The van der Waals surface area contributed by atoms with Crippen molar-refractivity contribution in [3.05, 3.63) is 16.1 Å². The van der Waals surface area contributed by atoms with E-state index < -0.39 is 0 Å². The van der Waals surface area contributed by atoms with Gasteiger partial charge in [-0.1, -0.05) is 13.8 Å². The second-order valence-corrected chi connectivity index (χ2v) is 4.88. The van der Waals surface area contributed by atoms with Crippen molar-refractivity contribution in [1.29, 1.82) is 0 Å². The van der Waals surface area contributed by atoms with E-state index in [4.69, 9.17) is 5.73 Å². The Bertz CT molecular complexity index is 268. The van der Waals surface area contributed by atoms with Crippen LogP contribution in [0, 0.1) is 5.92 Å². The number of nitrogens with one attached hydrogen (secondary N) is 1. The molecule has 0 bridgehead atoms. The van der Waals surface area contributed by atoms with E-state index in [1.54, 1.807) is 11.3 Å². The van der Waals surface area contributed by atoms with E-state index >= 15 is 0 Å². The van der Waals surface area contributed by atoms with Crippen LogP contribution < -0.4 is 11.1 Å². The molecular formula is C10H19N3S. The lowest BCUT2D eigenvalue weighted by Gasteiger charge is -2.04. The number of nitrogens with zero attached hydrogens (tertiary/aromatic N) is 1. The Morgan fingerprint density at radius 2 is 2.21 bits per heavy atom. The van der Waals surface area contributed by atoms with Crippen LogP contribution in [0.5, 0.6) is 0 Å². The predicted octanol–water partition coefficient (Wildman–Crippen LogP) is 1.91. The highest BCUT2D eigenvalue weighted by Crippen LogP contribution is 2.15. The molecule has 0 saturated heterocycles. The summed E-state index contributed by atoms with van der Waals surface area (Å²) in [5.74, 6) is 0.682. The first-order valence-corrected chi connectivity index (χ1v) is 5.88. The van der Waals surface area contributed by atoms with Gasteiger partial charge in [-0.15, -0.1) is 11.3 Å². The summed E-state index contributed by atoms with van der Waals surface area (Å²) in [6.45, 7) is 8.24. The maximum atomic E-state index is 5.73. The van der Waals surface area contributed by atoms with Gasteiger partial charge in [-0.2, -0.15) is 0 Å². The Morgan fingerprint density at radius 1 is 1.50 bits per heavy atom. The van der Waals surface area contributed by atoms with Crippen molar-refractivity contribution in [1.82, 2.24) is 10.3 Å². The average molecular weight is 213 g/mol. The largest absolute Gasteiger partial charge is 0.322 e. The second-order valence-electron chi connectivity index (χ2n) is 3.99. The van der Waals surface area contributed by atoms with Crippen LogP contribution in [0.25, 0.3) is 0 Å². The minimum Gasteiger partial charge on any atom is -0.322 e. The van der Waals surface area contributed by atoms with Crippen molar-refractivity contribution in [2.24, 2.45) is 11.7 Å². The maximum absolute atomic E-state index is 5.73. The molecule has 0 saturated carbocycles. The summed E-state index contributed by atoms with van der Waals surface area (Å²) in [7, 11) is 0. The summed E-state index contributed by atoms with van der Waals surface area (Å²) in [6.07, 6.45) is 0. The van der Waals surface area contributed by atoms with Crippen LogP contribution in [0.2, 0.25) is 0 Å². The zero-order valence-electron chi connectivity index (χ0n) is 9.08. The Kier molecular flexibility index (Phi) is 4.51. The first-order chi connectivity index (χ1) is 6.59. The van der Waals surface area contributed by atoms with Crippen LogP contribution in [0.3, 0.4) is 0 Å². The normalized spacial score (nSPS) is 13.5. The molecule has 1 unspecified atom stereocenters. The fourth-order valence-corrected chi connectivity index (χ4v) is 1.88. The molecule has 1 aromatic heterocycles. The van der Waals surface area contributed by atoms with Gasteiger partial charge in [0.2, 0.25) is 0 Å². The summed E-state index contributed by atoms with van der Waals surface area (Å²) in [6, 6.07) is 0.0545. The van der Waals surface area contributed by atoms with E-state index in [1.807, 2.05) is 6.92 Å². The molecule has 0 amide bonds. The first kappa shape index (κ1) is 11.6. The smallest absolute Gasteiger partial charge is 0.109 e. The summed E-state index contributed by atoms with van der Waals surface area (Å²) in [4.78, 5) is 4.44. The quantitative estimate of drug-likeness (QED) is 0.785. The van der Waals surface area contributed by atoms with E-state index in [0.717, 1.165) is 23.8 Å². The van der Waals surface area contributed by atoms with E-state index in [2.05, 4.69) is 29.5 Å². The SMILES string of the molecule is CC(C)CNCc1csc(C(C)N)n1. The van der Waals surface area contributed by atoms with Crippen LogP contribution >= 0.6 is 11.3 Å². The van der Waals surface area contributed by atoms with Crippen LogP contribution in [0.1, 0.15) is 37.5 Å². The number of hydrogen-bond donors (Lipinski definition) is 2. The van der Waals surface area contributed by atoms with E-state index in [-0.39, 0.29) is 6.04 Å². The maximum Gasteiger partial charge on any atom is 0.109 e. The molecule has 80 valence electrons. The Labute approximate surface area is 89.7 Å². The summed E-state index contributed by atoms with van der Waals surface area (Å²) in [5.41, 5.74) is 6.83. The molecule has 3 N–H and O–H groups in total. The van der Waals surface area contributed by atoms with E-state index in [0.29, 0.717) is 5.92 Å². The van der Waals surface area contributed by atoms with Crippen molar-refractivity contribution in [3.8, 4) is 0 Å². The standard InChI is InChI=1S/C10H19N3S/c1-7(2)4-12-5-9-6-14-10(13-9)8(3)11/h6-8,12H,4-5,11H2,1-3H3. The van der Waals surface area contributed by atoms with Gasteiger partial charge in [0.1, 0.15) is 5.01 Å². The molecule has 0 fully saturated rings. The molecule has 1 atom stereocenters. The third kappa shape index (κ3) is 3.74. The third-order valence-corrected chi connectivity index (χ3v) is 2.91. The average Bonchev–Trinajstić information content (AvgIpc) is 2.52. The molecule has 0 aromatic carbocycles. The topological polar surface area (TPSA) is 50.9 Å². The van der Waals surface area contributed by atoms with Gasteiger partial charge in [0.05, 0.1) is 11.7 Å². The first-order valence-electron chi connectivity index (χ1n) is 5.00. The van der Waals surface area contributed by atoms with Crippen LogP contribution in [-0.4, -0.2) is 11.5 Å². The lowest BCUT2D eigenvalue weighted by Crippen LogP contribution is -2.19. The third-order valence-electron chi connectivity index (χ3n) is 1.82. The minimum atomic E-state index is 0.0545. The highest BCUT2D eigenvalue weighted by Gasteiger charge is 2.05. The highest BCUT2D eigenvalue weighted by atomic mass is 32.1. The fraction of sp³-hybridized carbons (Fsp3) is 0.700. The number of hydrogen-bond acceptors (Lipinski definition) is 4. The van der Waals surface area contributed by atoms with Gasteiger partial charge in [-0.05, 0) is 19.4 Å². The molecule has 0 aliphatic heterocycles. The number of rotatable bonds is 5. The fourth-order valence-electron chi connectivity index (χ4n) is 1.10. The Balaban J connectivity index is 2.36. The van der Waals surface area contributed by atoms with Gasteiger partial charge in [0.25, 0.3) is 0 Å². The number of nitrogens with two attached hydrogens (primary N) is 1. The van der Waals surface area contributed by atoms with Gasteiger partial charge in [0, 0.05) is 11.9 Å². The molecule has 0 aliphatic carbocycles. The summed E-state index contributed by atoms with van der Waals surface area (Å²) in [5, 5.41) is 6.45. The van der Waals surface area contributed by atoms with Gasteiger partial charge in [-0.25, -0.2) is 4.98 Å². The van der Waals surface area contributed by atoms with Crippen molar-refractivity contribution in [2.45, 2.75) is 33.4 Å². The summed E-state index contributed by atoms with van der Waals surface area (Å²) < 4.78 is 0. The lowest BCUT2D eigenvalue weighted by atomic mass is 10.2. The lowest BCUT2D eigenvalue weighted by molar-refractivity contribution is 0.548. The van der Waals surface area contributed by atoms with Gasteiger partial charge < -0.3 is 11.1 Å². The minimum absolute atomic E-state index is 0.0545. The van der Waals surface area contributed by atoms with Crippen LogP contribution in [-0.2, 0) is 6.54 Å². The van der Waals surface area contributed by atoms with Crippen LogP contribution in [0.4, 0.5) is 0 Å². The molecule has 0 radical (unpaired) electrons.